The molecular formula is C20H25N5OS. The molecule has 3 aromatic rings. The molecule has 6 nitrogen and oxygen atoms in total. The fourth-order valence-corrected chi connectivity index (χ4v) is 5.10. The highest BCUT2D eigenvalue weighted by atomic mass is 32.1. The van der Waals surface area contributed by atoms with E-state index in [-0.39, 0.29) is 5.56 Å². The molecule has 1 aliphatic carbocycles. The van der Waals surface area contributed by atoms with Gasteiger partial charge in [-0.25, -0.2) is 4.98 Å². The van der Waals surface area contributed by atoms with Crippen molar-refractivity contribution in [3.8, 4) is 0 Å². The molecule has 0 aliphatic heterocycles. The first kappa shape index (κ1) is 18.0. The van der Waals surface area contributed by atoms with Crippen molar-refractivity contribution < 1.29 is 0 Å². The Kier molecular flexibility index (Phi) is 4.86. The van der Waals surface area contributed by atoms with Crippen molar-refractivity contribution in [2.75, 3.05) is 11.9 Å². The molecule has 7 heteroatoms. The molecule has 3 heterocycles. The summed E-state index contributed by atoms with van der Waals surface area (Å²) in [6, 6.07) is 2.06. The molecule has 3 aromatic heterocycles. The van der Waals surface area contributed by atoms with Gasteiger partial charge < -0.3 is 5.32 Å². The van der Waals surface area contributed by atoms with E-state index in [9.17, 15) is 4.79 Å². The quantitative estimate of drug-likeness (QED) is 0.662. The van der Waals surface area contributed by atoms with E-state index in [1.165, 1.54) is 16.9 Å². The summed E-state index contributed by atoms with van der Waals surface area (Å²) >= 11 is 1.68. The highest BCUT2D eigenvalue weighted by Crippen LogP contribution is 2.34. The summed E-state index contributed by atoms with van der Waals surface area (Å²) in [5.41, 5.74) is 3.42. The van der Waals surface area contributed by atoms with Crippen molar-refractivity contribution in [2.45, 2.75) is 52.6 Å². The number of fused-ring (bicyclic) bond motifs is 3. The lowest BCUT2D eigenvalue weighted by molar-refractivity contribution is 0.610. The molecule has 0 atom stereocenters. The van der Waals surface area contributed by atoms with Crippen molar-refractivity contribution in [3.05, 3.63) is 50.9 Å². The van der Waals surface area contributed by atoms with Crippen LogP contribution in [-0.2, 0) is 25.9 Å². The molecule has 0 saturated heterocycles. The van der Waals surface area contributed by atoms with Crippen LogP contribution in [-0.4, -0.2) is 25.9 Å². The van der Waals surface area contributed by atoms with Crippen LogP contribution in [0.25, 0.3) is 10.2 Å². The van der Waals surface area contributed by atoms with E-state index >= 15 is 0 Å². The molecule has 4 rings (SSSR count). The summed E-state index contributed by atoms with van der Waals surface area (Å²) in [6.45, 7) is 9.68. The molecule has 0 fully saturated rings. The van der Waals surface area contributed by atoms with Crippen LogP contribution < -0.4 is 10.9 Å². The third-order valence-electron chi connectivity index (χ3n) is 5.10. The van der Waals surface area contributed by atoms with Gasteiger partial charge in [0.1, 0.15) is 4.83 Å². The van der Waals surface area contributed by atoms with E-state index in [0.29, 0.717) is 19.0 Å². The van der Waals surface area contributed by atoms with Crippen LogP contribution in [0.15, 0.2) is 23.5 Å². The van der Waals surface area contributed by atoms with Crippen LogP contribution in [0.1, 0.15) is 34.7 Å². The number of aryl methyl sites for hydroxylation is 4. The zero-order chi connectivity index (χ0) is 19.0. The molecule has 1 aliphatic rings. The lowest BCUT2D eigenvalue weighted by Gasteiger charge is -2.14. The molecule has 0 bridgehead atoms. The highest BCUT2D eigenvalue weighted by Gasteiger charge is 2.21. The van der Waals surface area contributed by atoms with Gasteiger partial charge in [-0.3, -0.25) is 14.0 Å². The van der Waals surface area contributed by atoms with E-state index in [0.717, 1.165) is 47.4 Å². The Balaban J connectivity index is 1.66. The molecule has 0 spiro atoms. The minimum Gasteiger partial charge on any atom is -0.354 e. The molecule has 142 valence electrons. The molecule has 0 amide bonds. The topological polar surface area (TPSA) is 64.7 Å². The van der Waals surface area contributed by atoms with Gasteiger partial charge in [0.2, 0.25) is 5.95 Å². The van der Waals surface area contributed by atoms with Gasteiger partial charge in [0.15, 0.2) is 0 Å². The second kappa shape index (κ2) is 7.31. The van der Waals surface area contributed by atoms with Crippen molar-refractivity contribution in [3.63, 3.8) is 0 Å². The first-order valence-corrected chi connectivity index (χ1v) is 10.3. The third kappa shape index (κ3) is 3.32. The Morgan fingerprint density at radius 2 is 2.15 bits per heavy atom. The van der Waals surface area contributed by atoms with Crippen LogP contribution in [0.4, 0.5) is 5.95 Å². The van der Waals surface area contributed by atoms with Gasteiger partial charge in [0.05, 0.1) is 17.6 Å². The number of hydrogen-bond donors (Lipinski definition) is 1. The van der Waals surface area contributed by atoms with Crippen LogP contribution >= 0.6 is 11.3 Å². The van der Waals surface area contributed by atoms with E-state index < -0.39 is 0 Å². The zero-order valence-electron chi connectivity index (χ0n) is 15.9. The Hall–Kier alpha value is -2.41. The number of hydrogen-bond acceptors (Lipinski definition) is 5. The zero-order valence-corrected chi connectivity index (χ0v) is 16.7. The normalized spacial score (nSPS) is 13.7. The second-order valence-corrected chi connectivity index (χ2v) is 8.19. The van der Waals surface area contributed by atoms with Gasteiger partial charge in [-0.05, 0) is 51.2 Å². The molecule has 1 N–H and O–H groups in total. The Morgan fingerprint density at radius 1 is 1.33 bits per heavy atom. The predicted octanol–water partition coefficient (Wildman–Crippen LogP) is 3.45. The number of nitrogens with zero attached hydrogens (tertiary/aromatic N) is 4. The van der Waals surface area contributed by atoms with Crippen LogP contribution in [0.5, 0.6) is 0 Å². The van der Waals surface area contributed by atoms with Gasteiger partial charge in [0, 0.05) is 23.7 Å². The summed E-state index contributed by atoms with van der Waals surface area (Å²) in [5.74, 6) is 0.618. The molecule has 0 radical (unpaired) electrons. The van der Waals surface area contributed by atoms with E-state index in [1.54, 1.807) is 22.0 Å². The molecule has 0 aromatic carbocycles. The van der Waals surface area contributed by atoms with Crippen molar-refractivity contribution in [2.24, 2.45) is 0 Å². The molecule has 27 heavy (non-hydrogen) atoms. The summed E-state index contributed by atoms with van der Waals surface area (Å²) in [6.07, 6.45) is 6.17. The number of allylic oxidation sites excluding steroid dienone is 1. The molecule has 0 saturated carbocycles. The fourth-order valence-electron chi connectivity index (χ4n) is 3.85. The number of nitrogens with one attached hydrogen (secondary N) is 1. The highest BCUT2D eigenvalue weighted by molar-refractivity contribution is 7.18. The first-order valence-electron chi connectivity index (χ1n) is 9.49. The number of thiophene rings is 1. The van der Waals surface area contributed by atoms with Crippen molar-refractivity contribution in [1.29, 1.82) is 0 Å². The smallest absolute Gasteiger partial charge is 0.264 e. The van der Waals surface area contributed by atoms with Crippen LogP contribution in [0, 0.1) is 13.8 Å². The summed E-state index contributed by atoms with van der Waals surface area (Å²) < 4.78 is 3.68. The lowest BCUT2D eigenvalue weighted by atomic mass is 9.97. The van der Waals surface area contributed by atoms with E-state index in [1.807, 2.05) is 18.5 Å². The van der Waals surface area contributed by atoms with Crippen LogP contribution in [0.3, 0.4) is 0 Å². The average Bonchev–Trinajstić information content (AvgIpc) is 3.17. The van der Waals surface area contributed by atoms with E-state index in [4.69, 9.17) is 4.98 Å². The van der Waals surface area contributed by atoms with Gasteiger partial charge >= 0.3 is 0 Å². The fraction of sp³-hybridized carbons (Fsp3) is 0.450. The summed E-state index contributed by atoms with van der Waals surface area (Å²) in [7, 11) is 0. The van der Waals surface area contributed by atoms with Crippen molar-refractivity contribution >= 4 is 27.5 Å². The number of aromatic nitrogens is 4. The Bertz CT molecular complexity index is 1060. The van der Waals surface area contributed by atoms with Crippen LogP contribution in [0.2, 0.25) is 0 Å². The van der Waals surface area contributed by atoms with Gasteiger partial charge in [0.25, 0.3) is 5.56 Å². The average molecular weight is 384 g/mol. The maximum absolute atomic E-state index is 13.2. The summed E-state index contributed by atoms with van der Waals surface area (Å²) in [5, 5.41) is 8.65. The minimum atomic E-state index is 0.0490. The number of anilines is 1. The number of rotatable bonds is 6. The minimum absolute atomic E-state index is 0.0490. The molecular weight excluding hydrogens is 358 g/mol. The SMILES string of the molecule is C=CCn1c(NCCn2nc(C)cc2C)nc2sc3c(c2c1=O)CCCC3. The lowest BCUT2D eigenvalue weighted by Crippen LogP contribution is -2.26. The monoisotopic (exact) mass is 383 g/mol. The largest absolute Gasteiger partial charge is 0.354 e. The first-order chi connectivity index (χ1) is 13.1. The van der Waals surface area contributed by atoms with Crippen molar-refractivity contribution in [1.82, 2.24) is 19.3 Å². The van der Waals surface area contributed by atoms with E-state index in [2.05, 4.69) is 23.1 Å². The maximum Gasteiger partial charge on any atom is 0.264 e. The van der Waals surface area contributed by atoms with Gasteiger partial charge in [-0.15, -0.1) is 17.9 Å². The Labute approximate surface area is 162 Å². The predicted molar refractivity (Wildman–Crippen MR) is 111 cm³/mol. The van der Waals surface area contributed by atoms with Gasteiger partial charge in [-0.2, -0.15) is 5.10 Å². The maximum atomic E-state index is 13.2. The standard InChI is InChI=1S/C20H25N5OS/c1-4-10-24-19(26)17-15-7-5-6-8-16(15)27-18(17)22-20(24)21-9-11-25-14(3)12-13(2)23-25/h4,12H,1,5-11H2,2-3H3,(H,21,22). The third-order valence-corrected chi connectivity index (χ3v) is 6.28. The molecule has 0 unspecified atom stereocenters. The summed E-state index contributed by atoms with van der Waals surface area (Å²) in [4.78, 5) is 20.2. The second-order valence-electron chi connectivity index (χ2n) is 7.11. The Morgan fingerprint density at radius 3 is 2.89 bits per heavy atom. The van der Waals surface area contributed by atoms with Gasteiger partial charge in [-0.1, -0.05) is 6.08 Å².